The summed E-state index contributed by atoms with van der Waals surface area (Å²) in [5.74, 6) is -3.63. The first kappa shape index (κ1) is 32.6. The van der Waals surface area contributed by atoms with Gasteiger partial charge in [-0.2, -0.15) is 0 Å². The van der Waals surface area contributed by atoms with Gasteiger partial charge in [0.25, 0.3) is 5.91 Å². The lowest BCUT2D eigenvalue weighted by Gasteiger charge is -2.66. The van der Waals surface area contributed by atoms with Crippen molar-refractivity contribution in [1.29, 1.82) is 0 Å². The van der Waals surface area contributed by atoms with Gasteiger partial charge in [0, 0.05) is 23.2 Å². The lowest BCUT2D eigenvalue weighted by Crippen LogP contribution is -2.76. The number of aliphatic hydroxyl groups excluding tert-OH is 2. The number of furan rings is 1. The highest BCUT2D eigenvalue weighted by molar-refractivity contribution is 5.93. The summed E-state index contributed by atoms with van der Waals surface area (Å²) in [4.78, 5) is 40.8. The molecule has 5 N–H and O–H groups in total. The lowest BCUT2D eigenvalue weighted by atomic mass is 9.43. The van der Waals surface area contributed by atoms with E-state index in [4.69, 9.17) is 13.9 Å². The van der Waals surface area contributed by atoms with Crippen molar-refractivity contribution in [2.24, 2.45) is 22.7 Å². The van der Waals surface area contributed by atoms with Crippen molar-refractivity contribution in [2.45, 2.75) is 95.5 Å². The molecule has 1 aromatic heterocycles. The molecule has 0 spiro atoms. The Hall–Kier alpha value is -3.35. The maximum absolute atomic E-state index is 14.2. The highest BCUT2D eigenvalue weighted by Crippen LogP contribution is 2.64. The van der Waals surface area contributed by atoms with Crippen LogP contribution in [0.4, 0.5) is 0 Å². The Morgan fingerprint density at radius 2 is 1.78 bits per heavy atom. The maximum Gasteiger partial charge on any atom is 0.338 e. The first-order valence-electron chi connectivity index (χ1n) is 15.9. The summed E-state index contributed by atoms with van der Waals surface area (Å²) in [7, 11) is 0. The molecule has 0 radical (unpaired) electrons. The number of ketones is 1. The van der Waals surface area contributed by atoms with Crippen LogP contribution in [0.15, 0.2) is 64.3 Å². The van der Waals surface area contributed by atoms with Crippen molar-refractivity contribution in [2.75, 3.05) is 6.61 Å². The molecule has 1 aliphatic heterocycles. The van der Waals surface area contributed by atoms with Gasteiger partial charge in [0.15, 0.2) is 17.6 Å². The van der Waals surface area contributed by atoms with Crippen LogP contribution in [0.2, 0.25) is 0 Å². The third-order valence-corrected chi connectivity index (χ3v) is 11.7. The topological polar surface area (TPSA) is 176 Å². The van der Waals surface area contributed by atoms with E-state index in [9.17, 15) is 34.8 Å². The molecule has 9 unspecified atom stereocenters. The monoisotopic (exact) mass is 637 g/mol. The van der Waals surface area contributed by atoms with Crippen molar-refractivity contribution in [3.63, 3.8) is 0 Å². The number of amides is 1. The largest absolute Gasteiger partial charge is 0.459 e. The molecule has 2 bridgehead atoms. The Bertz CT molecular complexity index is 1550. The van der Waals surface area contributed by atoms with Gasteiger partial charge < -0.3 is 39.6 Å². The number of fused-ring (bicyclic) bond motifs is 5. The minimum Gasteiger partial charge on any atom is -0.459 e. The molecule has 2 saturated carbocycles. The van der Waals surface area contributed by atoms with Gasteiger partial charge in [-0.1, -0.05) is 58.0 Å². The molecule has 10 atom stereocenters. The number of rotatable bonds is 6. The van der Waals surface area contributed by atoms with Crippen LogP contribution in [0.25, 0.3) is 0 Å². The van der Waals surface area contributed by atoms with Crippen LogP contribution in [-0.4, -0.2) is 80.3 Å². The van der Waals surface area contributed by atoms with Gasteiger partial charge in [-0.25, -0.2) is 4.79 Å². The fourth-order valence-electron chi connectivity index (χ4n) is 9.12. The van der Waals surface area contributed by atoms with Crippen molar-refractivity contribution in [3.05, 3.63) is 71.2 Å². The molecular weight excluding hydrogens is 594 g/mol. The summed E-state index contributed by atoms with van der Waals surface area (Å²) in [6.45, 7) is 8.74. The van der Waals surface area contributed by atoms with Gasteiger partial charge >= 0.3 is 5.97 Å². The summed E-state index contributed by atoms with van der Waals surface area (Å²) in [5, 5.41) is 50.4. The summed E-state index contributed by atoms with van der Waals surface area (Å²) in [5.41, 5.74) is -4.24. The minimum absolute atomic E-state index is 0.0120. The Labute approximate surface area is 267 Å². The third kappa shape index (κ3) is 4.62. The van der Waals surface area contributed by atoms with Crippen LogP contribution in [0.3, 0.4) is 0 Å². The fraction of sp³-hybridized carbons (Fsp3) is 0.571. The second kappa shape index (κ2) is 11.1. The van der Waals surface area contributed by atoms with Crippen molar-refractivity contribution in [1.82, 2.24) is 5.32 Å². The zero-order valence-corrected chi connectivity index (χ0v) is 26.7. The Balaban J connectivity index is 1.36. The van der Waals surface area contributed by atoms with E-state index in [-0.39, 0.29) is 24.4 Å². The number of ether oxygens (including phenoxy) is 2. The number of hydrogen-bond acceptors (Lipinski definition) is 10. The summed E-state index contributed by atoms with van der Waals surface area (Å²) in [6.07, 6.45) is -3.07. The van der Waals surface area contributed by atoms with Gasteiger partial charge in [-0.15, -0.1) is 0 Å². The van der Waals surface area contributed by atoms with Crippen LogP contribution in [0, 0.1) is 22.7 Å². The second-order valence-corrected chi connectivity index (χ2v) is 14.3. The molecule has 11 nitrogen and oxygen atoms in total. The molecule has 1 aromatic carbocycles. The maximum atomic E-state index is 14.2. The van der Waals surface area contributed by atoms with E-state index in [0.29, 0.717) is 24.0 Å². The first-order valence-corrected chi connectivity index (χ1v) is 15.9. The Morgan fingerprint density at radius 1 is 1.09 bits per heavy atom. The van der Waals surface area contributed by atoms with E-state index in [1.54, 1.807) is 65.0 Å². The number of carbonyl (C=O) groups excluding carboxylic acids is 3. The molecule has 248 valence electrons. The highest BCUT2D eigenvalue weighted by Gasteiger charge is 2.72. The first-order chi connectivity index (χ1) is 21.6. The van der Waals surface area contributed by atoms with E-state index >= 15 is 0 Å². The molecule has 46 heavy (non-hydrogen) atoms. The number of hydrogen-bond donors (Lipinski definition) is 5. The Kier molecular flexibility index (Phi) is 7.88. The van der Waals surface area contributed by atoms with Gasteiger partial charge in [-0.05, 0) is 54.5 Å². The normalized spacial score (nSPS) is 37.8. The minimum atomic E-state index is -1.87. The number of carbonyl (C=O) groups is 3. The van der Waals surface area contributed by atoms with Gasteiger partial charge in [-0.3, -0.25) is 9.59 Å². The SMILES string of the molecule is CC1=C2C(O)C(=O)[C@]3(C)CCC4OCC4(O)C3C(C)C(O)(CC1OC(=O)C(O)C(NC(=O)c1ccco1)c1ccccc1)C2(C)C. The van der Waals surface area contributed by atoms with Gasteiger partial charge in [0.2, 0.25) is 0 Å². The number of esters is 1. The zero-order valence-electron chi connectivity index (χ0n) is 26.7. The van der Waals surface area contributed by atoms with Crippen LogP contribution in [0.5, 0.6) is 0 Å². The summed E-state index contributed by atoms with van der Waals surface area (Å²) < 4.78 is 16.8. The molecule has 4 aliphatic rings. The molecule has 11 heteroatoms. The van der Waals surface area contributed by atoms with Gasteiger partial charge in [0.1, 0.15) is 17.8 Å². The predicted molar refractivity (Wildman–Crippen MR) is 163 cm³/mol. The standard InChI is InChI=1S/C35H43NO10/c1-18-22(46-31(41)27(38)25(20-10-7-6-8-11-20)36-30(40)21-12-9-15-44-21)16-35(43)19(2)28-33(5,14-13-23-34(28,42)17-45-23)29(39)26(37)24(18)32(35,3)4/h6-12,15,19,22-23,25-28,37-38,42-43H,13-14,16-17H2,1-5H3,(H,36,40)/t19?,22?,23?,25?,26?,27?,28?,33-,34?,35?/m1/s1. The number of aliphatic hydroxyl groups is 4. The molecule has 2 aromatic rings. The average Bonchev–Trinajstić information content (AvgIpc) is 3.56. The van der Waals surface area contributed by atoms with E-state index in [2.05, 4.69) is 5.32 Å². The average molecular weight is 638 g/mol. The lowest BCUT2D eigenvalue weighted by molar-refractivity contribution is -0.320. The third-order valence-electron chi connectivity index (χ3n) is 11.7. The fourth-order valence-corrected chi connectivity index (χ4v) is 9.12. The Morgan fingerprint density at radius 3 is 2.39 bits per heavy atom. The smallest absolute Gasteiger partial charge is 0.338 e. The number of nitrogens with one attached hydrogen (secondary N) is 1. The molecule has 2 heterocycles. The van der Waals surface area contributed by atoms with Crippen molar-refractivity contribution >= 4 is 17.7 Å². The molecule has 3 fully saturated rings. The molecule has 1 saturated heterocycles. The predicted octanol–water partition coefficient (Wildman–Crippen LogP) is 2.63. The molecule has 3 aliphatic carbocycles. The highest BCUT2D eigenvalue weighted by atomic mass is 16.6. The quantitative estimate of drug-likeness (QED) is 0.234. The van der Waals surface area contributed by atoms with E-state index in [1.807, 2.05) is 0 Å². The van der Waals surface area contributed by atoms with E-state index in [0.717, 1.165) is 0 Å². The number of Topliss-reactive ketones (excluding diaryl/α,β-unsaturated/α-hetero) is 1. The molecule has 1 amide bonds. The zero-order chi connectivity index (χ0) is 33.4. The van der Waals surface area contributed by atoms with Crippen LogP contribution in [0.1, 0.15) is 76.0 Å². The van der Waals surface area contributed by atoms with Crippen LogP contribution in [-0.2, 0) is 19.1 Å². The van der Waals surface area contributed by atoms with Gasteiger partial charge in [0.05, 0.1) is 30.6 Å². The molecule has 6 rings (SSSR count). The molecular formula is C35H43NO10. The van der Waals surface area contributed by atoms with Crippen molar-refractivity contribution in [3.8, 4) is 0 Å². The van der Waals surface area contributed by atoms with Crippen molar-refractivity contribution < 1.29 is 48.7 Å². The van der Waals surface area contributed by atoms with E-state index in [1.165, 1.54) is 18.4 Å². The number of benzene rings is 1. The van der Waals surface area contributed by atoms with E-state index < -0.39 is 82.0 Å². The van der Waals surface area contributed by atoms with Crippen LogP contribution < -0.4 is 5.32 Å². The summed E-state index contributed by atoms with van der Waals surface area (Å²) in [6, 6.07) is 10.2. The second-order valence-electron chi connectivity index (χ2n) is 14.3. The van der Waals surface area contributed by atoms with Crippen LogP contribution >= 0.6 is 0 Å². The summed E-state index contributed by atoms with van der Waals surface area (Å²) >= 11 is 0.